The topological polar surface area (TPSA) is 43.5 Å². The van der Waals surface area contributed by atoms with E-state index in [1.807, 2.05) is 24.3 Å². The fraction of sp³-hybridized carbons (Fsp3) is 0.556. The van der Waals surface area contributed by atoms with Gasteiger partial charge in [-0.15, -0.1) is 0 Å². The van der Waals surface area contributed by atoms with Gasteiger partial charge in [0.2, 0.25) is 0 Å². The molecule has 2 aliphatic heterocycles. The summed E-state index contributed by atoms with van der Waals surface area (Å²) in [7, 11) is 0. The predicted molar refractivity (Wildman–Crippen MR) is 124 cm³/mol. The molecule has 2 aromatic carbocycles. The number of rotatable bonds is 7. The Kier molecular flexibility index (Phi) is 7.19. The normalized spacial score (nSPS) is 25.7. The second kappa shape index (κ2) is 10.1. The van der Waals surface area contributed by atoms with Gasteiger partial charge in [-0.1, -0.05) is 57.9 Å². The van der Waals surface area contributed by atoms with Crippen LogP contribution in [0.3, 0.4) is 0 Å². The summed E-state index contributed by atoms with van der Waals surface area (Å²) >= 11 is 0. The van der Waals surface area contributed by atoms with Gasteiger partial charge >= 0.3 is 0 Å². The maximum atomic E-state index is 5.64. The van der Waals surface area contributed by atoms with Gasteiger partial charge in [0.15, 0.2) is 0 Å². The SMILES string of the molecule is CC1CCCC(C)(C)C1.c1cc(-c2ccc(OCC3CO3)cc2)ccc1OCC1CO1. The van der Waals surface area contributed by atoms with Crippen molar-refractivity contribution < 1.29 is 18.9 Å². The molecule has 0 bridgehead atoms. The van der Waals surface area contributed by atoms with Gasteiger partial charge in [-0.3, -0.25) is 0 Å². The first-order valence-electron chi connectivity index (χ1n) is 11.7. The van der Waals surface area contributed by atoms with Crippen molar-refractivity contribution in [1.29, 1.82) is 0 Å². The highest BCUT2D eigenvalue weighted by atomic mass is 16.6. The summed E-state index contributed by atoms with van der Waals surface area (Å²) in [6.45, 7) is 10.1. The average Bonchev–Trinajstić information content (AvgIpc) is 3.67. The zero-order valence-corrected chi connectivity index (χ0v) is 19.1. The fourth-order valence-electron chi connectivity index (χ4n) is 4.27. The van der Waals surface area contributed by atoms with E-state index in [-0.39, 0.29) is 12.2 Å². The molecule has 5 rings (SSSR count). The van der Waals surface area contributed by atoms with Crippen molar-refractivity contribution in [1.82, 2.24) is 0 Å². The summed E-state index contributed by atoms with van der Waals surface area (Å²) in [5, 5.41) is 0. The molecule has 3 atom stereocenters. The second-order valence-corrected chi connectivity index (χ2v) is 9.95. The van der Waals surface area contributed by atoms with E-state index >= 15 is 0 Å². The Bertz CT molecular complexity index is 747. The standard InChI is InChI=1S/C18H18O4.C9H18/c1-5-15(19-9-17-11-21-17)6-2-13(1)14-3-7-16(8-4-14)20-10-18-12-22-18;1-8-5-4-6-9(2,3)7-8/h1-8,17-18H,9-12H2;8H,4-7H2,1-3H3. The Labute approximate surface area is 186 Å². The van der Waals surface area contributed by atoms with E-state index in [1.54, 1.807) is 0 Å². The van der Waals surface area contributed by atoms with Gasteiger partial charge in [0.05, 0.1) is 13.2 Å². The summed E-state index contributed by atoms with van der Waals surface area (Å²) in [5.41, 5.74) is 2.97. The van der Waals surface area contributed by atoms with Crippen LogP contribution in [-0.2, 0) is 9.47 Å². The molecule has 4 heteroatoms. The van der Waals surface area contributed by atoms with E-state index in [0.717, 1.165) is 41.8 Å². The number of benzene rings is 2. The third kappa shape index (κ3) is 7.55. The van der Waals surface area contributed by atoms with Crippen LogP contribution in [0.15, 0.2) is 48.5 Å². The molecule has 3 aliphatic rings. The Balaban J connectivity index is 0.000000217. The first-order chi connectivity index (χ1) is 15.0. The van der Waals surface area contributed by atoms with Crippen molar-refractivity contribution in [2.75, 3.05) is 26.4 Å². The van der Waals surface area contributed by atoms with Crippen molar-refractivity contribution in [2.45, 2.75) is 58.7 Å². The number of hydrogen-bond acceptors (Lipinski definition) is 4. The van der Waals surface area contributed by atoms with Gasteiger partial charge in [-0.25, -0.2) is 0 Å². The van der Waals surface area contributed by atoms with E-state index in [9.17, 15) is 0 Å². The van der Waals surface area contributed by atoms with Gasteiger partial charge < -0.3 is 18.9 Å². The van der Waals surface area contributed by atoms with E-state index < -0.39 is 0 Å². The van der Waals surface area contributed by atoms with Crippen LogP contribution < -0.4 is 9.47 Å². The van der Waals surface area contributed by atoms with Crippen LogP contribution in [0.1, 0.15) is 46.5 Å². The third-order valence-electron chi connectivity index (χ3n) is 6.17. The number of epoxide rings is 2. The van der Waals surface area contributed by atoms with Crippen LogP contribution in [0.5, 0.6) is 11.5 Å². The monoisotopic (exact) mass is 424 g/mol. The fourth-order valence-corrected chi connectivity index (χ4v) is 4.27. The minimum atomic E-state index is 0.285. The molecule has 1 saturated carbocycles. The van der Waals surface area contributed by atoms with Crippen LogP contribution in [0.25, 0.3) is 11.1 Å². The molecule has 4 nitrogen and oxygen atoms in total. The lowest BCUT2D eigenvalue weighted by Gasteiger charge is -2.33. The van der Waals surface area contributed by atoms with Crippen LogP contribution in [-0.4, -0.2) is 38.6 Å². The summed E-state index contributed by atoms with van der Waals surface area (Å²) < 4.78 is 21.5. The molecule has 0 spiro atoms. The zero-order chi connectivity index (χ0) is 21.7. The molecule has 2 saturated heterocycles. The Morgan fingerprint density at radius 3 is 1.58 bits per heavy atom. The molecular weight excluding hydrogens is 388 g/mol. The Hall–Kier alpha value is -2.04. The van der Waals surface area contributed by atoms with Crippen LogP contribution in [0, 0.1) is 11.3 Å². The van der Waals surface area contributed by atoms with E-state index in [0.29, 0.717) is 18.6 Å². The molecule has 2 heterocycles. The highest BCUT2D eigenvalue weighted by Crippen LogP contribution is 2.37. The molecular formula is C27H36O4. The summed E-state index contributed by atoms with van der Waals surface area (Å²) in [6, 6.07) is 16.2. The average molecular weight is 425 g/mol. The van der Waals surface area contributed by atoms with Gasteiger partial charge in [0.1, 0.15) is 36.9 Å². The molecule has 168 valence electrons. The molecule has 0 radical (unpaired) electrons. The first-order valence-corrected chi connectivity index (χ1v) is 11.7. The van der Waals surface area contributed by atoms with E-state index in [1.165, 1.54) is 25.7 Å². The summed E-state index contributed by atoms with van der Waals surface area (Å²) in [6.07, 6.45) is 6.36. The Morgan fingerprint density at radius 1 is 0.806 bits per heavy atom. The highest BCUT2D eigenvalue weighted by Gasteiger charge is 2.25. The van der Waals surface area contributed by atoms with Crippen molar-refractivity contribution >= 4 is 0 Å². The van der Waals surface area contributed by atoms with Gasteiger partial charge in [-0.2, -0.15) is 0 Å². The van der Waals surface area contributed by atoms with Crippen molar-refractivity contribution in [3.63, 3.8) is 0 Å². The molecule has 1 aliphatic carbocycles. The van der Waals surface area contributed by atoms with Crippen molar-refractivity contribution in [3.05, 3.63) is 48.5 Å². The quantitative estimate of drug-likeness (QED) is 0.501. The molecule has 0 aromatic heterocycles. The molecule has 31 heavy (non-hydrogen) atoms. The summed E-state index contributed by atoms with van der Waals surface area (Å²) in [4.78, 5) is 0. The van der Waals surface area contributed by atoms with Crippen LogP contribution in [0.2, 0.25) is 0 Å². The van der Waals surface area contributed by atoms with Crippen molar-refractivity contribution in [2.24, 2.45) is 11.3 Å². The lowest BCUT2D eigenvalue weighted by Crippen LogP contribution is -2.20. The number of hydrogen-bond donors (Lipinski definition) is 0. The van der Waals surface area contributed by atoms with Crippen molar-refractivity contribution in [3.8, 4) is 22.6 Å². The molecule has 3 unspecified atom stereocenters. The molecule has 2 aromatic rings. The smallest absolute Gasteiger partial charge is 0.119 e. The summed E-state index contributed by atoms with van der Waals surface area (Å²) in [5.74, 6) is 2.74. The lowest BCUT2D eigenvalue weighted by molar-refractivity contribution is 0.191. The van der Waals surface area contributed by atoms with Gasteiger partial charge in [0, 0.05) is 0 Å². The van der Waals surface area contributed by atoms with Crippen LogP contribution in [0.4, 0.5) is 0 Å². The van der Waals surface area contributed by atoms with E-state index in [2.05, 4.69) is 45.0 Å². The molecule has 0 amide bonds. The minimum Gasteiger partial charge on any atom is -0.491 e. The predicted octanol–water partition coefficient (Wildman–Crippen LogP) is 6.13. The first kappa shape index (κ1) is 22.2. The van der Waals surface area contributed by atoms with Gasteiger partial charge in [-0.05, 0) is 59.6 Å². The maximum Gasteiger partial charge on any atom is 0.119 e. The van der Waals surface area contributed by atoms with E-state index in [4.69, 9.17) is 18.9 Å². The minimum absolute atomic E-state index is 0.285. The van der Waals surface area contributed by atoms with Crippen LogP contribution >= 0.6 is 0 Å². The Morgan fingerprint density at radius 2 is 1.26 bits per heavy atom. The molecule has 3 fully saturated rings. The highest BCUT2D eigenvalue weighted by molar-refractivity contribution is 5.64. The lowest BCUT2D eigenvalue weighted by atomic mass is 9.73. The maximum absolute atomic E-state index is 5.64. The largest absolute Gasteiger partial charge is 0.491 e. The zero-order valence-electron chi connectivity index (χ0n) is 19.1. The van der Waals surface area contributed by atoms with Gasteiger partial charge in [0.25, 0.3) is 0 Å². The molecule has 0 N–H and O–H groups in total. The number of ether oxygens (including phenoxy) is 4. The second-order valence-electron chi connectivity index (χ2n) is 9.95. The third-order valence-corrected chi connectivity index (χ3v) is 6.17.